The largest absolute Gasteiger partial charge is 0.392 e. The Labute approximate surface area is 114 Å². The van der Waals surface area contributed by atoms with E-state index in [-0.39, 0.29) is 23.1 Å². The average molecular weight is 265 g/mol. The van der Waals surface area contributed by atoms with E-state index in [1.807, 2.05) is 0 Å². The number of aliphatic hydroxyl groups is 1. The van der Waals surface area contributed by atoms with Crippen LogP contribution in [0.5, 0.6) is 0 Å². The normalized spacial score (nSPS) is 25.2. The van der Waals surface area contributed by atoms with Crippen LogP contribution in [0, 0.1) is 17.2 Å². The fourth-order valence-corrected chi connectivity index (χ4v) is 3.45. The molecule has 0 radical (unpaired) electrons. The summed E-state index contributed by atoms with van der Waals surface area (Å²) < 4.78 is 13.0. The van der Waals surface area contributed by atoms with Crippen molar-refractivity contribution in [3.63, 3.8) is 0 Å². The fraction of sp³-hybridized carbons (Fsp3) is 0.625. The summed E-state index contributed by atoms with van der Waals surface area (Å²) >= 11 is 0. The molecule has 1 aromatic carbocycles. The second-order valence-electron chi connectivity index (χ2n) is 6.37. The SMILES string of the molecule is CC1(C)CCCC1C(O)C(CN)c1ccc(F)cc1. The lowest BCUT2D eigenvalue weighted by atomic mass is 9.73. The Hall–Kier alpha value is -0.930. The van der Waals surface area contributed by atoms with E-state index < -0.39 is 6.10 Å². The zero-order valence-electron chi connectivity index (χ0n) is 11.8. The third-order valence-corrected chi connectivity index (χ3v) is 4.72. The highest BCUT2D eigenvalue weighted by Gasteiger charge is 2.41. The van der Waals surface area contributed by atoms with Gasteiger partial charge in [-0.2, -0.15) is 0 Å². The van der Waals surface area contributed by atoms with Gasteiger partial charge in [-0.05, 0) is 41.9 Å². The molecular weight excluding hydrogens is 241 g/mol. The number of benzene rings is 1. The van der Waals surface area contributed by atoms with Gasteiger partial charge in [0.05, 0.1) is 6.10 Å². The van der Waals surface area contributed by atoms with Crippen LogP contribution in [0.25, 0.3) is 0 Å². The second kappa shape index (κ2) is 5.59. The van der Waals surface area contributed by atoms with Crippen molar-refractivity contribution in [2.75, 3.05) is 6.54 Å². The van der Waals surface area contributed by atoms with Crippen molar-refractivity contribution in [3.8, 4) is 0 Å². The summed E-state index contributed by atoms with van der Waals surface area (Å²) in [6.45, 7) is 4.82. The molecular formula is C16H24FNO. The number of halogens is 1. The van der Waals surface area contributed by atoms with Gasteiger partial charge >= 0.3 is 0 Å². The van der Waals surface area contributed by atoms with Crippen molar-refractivity contribution in [2.45, 2.75) is 45.1 Å². The molecule has 3 unspecified atom stereocenters. The Morgan fingerprint density at radius 3 is 2.47 bits per heavy atom. The lowest BCUT2D eigenvalue weighted by Gasteiger charge is -2.35. The molecule has 2 rings (SSSR count). The Bertz CT molecular complexity index is 415. The minimum absolute atomic E-state index is 0.108. The predicted octanol–water partition coefficient (Wildman–Crippen LogP) is 3.06. The van der Waals surface area contributed by atoms with Crippen LogP contribution in [0.2, 0.25) is 0 Å². The van der Waals surface area contributed by atoms with Crippen molar-refractivity contribution in [3.05, 3.63) is 35.6 Å². The van der Waals surface area contributed by atoms with Crippen molar-refractivity contribution in [1.29, 1.82) is 0 Å². The minimum Gasteiger partial charge on any atom is -0.392 e. The monoisotopic (exact) mass is 265 g/mol. The molecule has 0 amide bonds. The molecule has 1 aliphatic rings. The van der Waals surface area contributed by atoms with Gasteiger partial charge in [0.25, 0.3) is 0 Å². The van der Waals surface area contributed by atoms with E-state index in [0.29, 0.717) is 6.54 Å². The summed E-state index contributed by atoms with van der Waals surface area (Å²) in [6, 6.07) is 6.34. The summed E-state index contributed by atoms with van der Waals surface area (Å²) in [5.74, 6) is -0.0933. The van der Waals surface area contributed by atoms with Crippen LogP contribution < -0.4 is 5.73 Å². The summed E-state index contributed by atoms with van der Waals surface area (Å²) in [5, 5.41) is 10.7. The zero-order valence-corrected chi connectivity index (χ0v) is 11.8. The molecule has 3 N–H and O–H groups in total. The highest BCUT2D eigenvalue weighted by atomic mass is 19.1. The number of hydrogen-bond acceptors (Lipinski definition) is 2. The van der Waals surface area contributed by atoms with Gasteiger partial charge in [-0.25, -0.2) is 4.39 Å². The molecule has 106 valence electrons. The van der Waals surface area contributed by atoms with Gasteiger partial charge < -0.3 is 10.8 Å². The van der Waals surface area contributed by atoms with Gasteiger partial charge in [0.1, 0.15) is 5.82 Å². The molecule has 0 aromatic heterocycles. The van der Waals surface area contributed by atoms with Crippen LogP contribution >= 0.6 is 0 Å². The van der Waals surface area contributed by atoms with E-state index in [0.717, 1.165) is 24.8 Å². The summed E-state index contributed by atoms with van der Waals surface area (Å²) in [6.07, 6.45) is 2.91. The van der Waals surface area contributed by atoms with E-state index in [2.05, 4.69) is 13.8 Å². The molecule has 3 atom stereocenters. The molecule has 1 fully saturated rings. The summed E-state index contributed by atoms with van der Waals surface area (Å²) in [5.41, 5.74) is 6.94. The first-order valence-electron chi connectivity index (χ1n) is 7.09. The van der Waals surface area contributed by atoms with Gasteiger partial charge in [0.15, 0.2) is 0 Å². The number of rotatable bonds is 4. The topological polar surface area (TPSA) is 46.2 Å². The van der Waals surface area contributed by atoms with Crippen LogP contribution in [0.15, 0.2) is 24.3 Å². The molecule has 1 aromatic rings. The highest BCUT2D eigenvalue weighted by molar-refractivity contribution is 5.22. The van der Waals surface area contributed by atoms with Crippen LogP contribution in [0.4, 0.5) is 4.39 Å². The van der Waals surface area contributed by atoms with Crippen molar-refractivity contribution >= 4 is 0 Å². The van der Waals surface area contributed by atoms with Gasteiger partial charge in [-0.3, -0.25) is 0 Å². The summed E-state index contributed by atoms with van der Waals surface area (Å²) in [4.78, 5) is 0. The molecule has 0 saturated heterocycles. The Kier molecular flexibility index (Phi) is 4.26. The Balaban J connectivity index is 2.19. The lowest BCUT2D eigenvalue weighted by molar-refractivity contribution is 0.0346. The van der Waals surface area contributed by atoms with Crippen LogP contribution in [-0.2, 0) is 0 Å². The van der Waals surface area contributed by atoms with Crippen LogP contribution in [-0.4, -0.2) is 17.8 Å². The first-order chi connectivity index (χ1) is 8.95. The van der Waals surface area contributed by atoms with Gasteiger partial charge in [0.2, 0.25) is 0 Å². The summed E-state index contributed by atoms with van der Waals surface area (Å²) in [7, 11) is 0. The van der Waals surface area contributed by atoms with E-state index >= 15 is 0 Å². The van der Waals surface area contributed by atoms with E-state index in [9.17, 15) is 9.50 Å². The van der Waals surface area contributed by atoms with E-state index in [1.165, 1.54) is 12.1 Å². The number of aliphatic hydroxyl groups excluding tert-OH is 1. The van der Waals surface area contributed by atoms with Gasteiger partial charge in [0, 0.05) is 12.5 Å². The maximum atomic E-state index is 13.0. The molecule has 2 nitrogen and oxygen atoms in total. The molecule has 1 aliphatic carbocycles. The quantitative estimate of drug-likeness (QED) is 0.879. The standard InChI is InChI=1S/C16H24FNO/c1-16(2)9-3-4-14(16)15(19)13(10-18)11-5-7-12(17)8-6-11/h5-8,13-15,19H,3-4,9-10,18H2,1-2H3. The van der Waals surface area contributed by atoms with Crippen LogP contribution in [0.3, 0.4) is 0 Å². The van der Waals surface area contributed by atoms with Gasteiger partial charge in [-0.15, -0.1) is 0 Å². The maximum absolute atomic E-state index is 13.0. The molecule has 0 bridgehead atoms. The first kappa shape index (κ1) is 14.5. The maximum Gasteiger partial charge on any atom is 0.123 e. The van der Waals surface area contributed by atoms with Crippen molar-refractivity contribution in [1.82, 2.24) is 0 Å². The molecule has 3 heteroatoms. The average Bonchev–Trinajstić information content (AvgIpc) is 2.72. The lowest BCUT2D eigenvalue weighted by Crippen LogP contribution is -2.37. The van der Waals surface area contributed by atoms with Gasteiger partial charge in [-0.1, -0.05) is 32.4 Å². The predicted molar refractivity (Wildman–Crippen MR) is 75.3 cm³/mol. The van der Waals surface area contributed by atoms with Crippen LogP contribution in [0.1, 0.15) is 44.6 Å². The fourth-order valence-electron chi connectivity index (χ4n) is 3.45. The smallest absolute Gasteiger partial charge is 0.123 e. The third kappa shape index (κ3) is 2.98. The first-order valence-corrected chi connectivity index (χ1v) is 7.09. The Morgan fingerprint density at radius 2 is 2.00 bits per heavy atom. The third-order valence-electron chi connectivity index (χ3n) is 4.72. The second-order valence-corrected chi connectivity index (χ2v) is 6.37. The Morgan fingerprint density at radius 1 is 1.37 bits per heavy atom. The molecule has 19 heavy (non-hydrogen) atoms. The van der Waals surface area contributed by atoms with Crippen molar-refractivity contribution < 1.29 is 9.50 Å². The highest BCUT2D eigenvalue weighted by Crippen LogP contribution is 2.46. The molecule has 0 spiro atoms. The molecule has 0 heterocycles. The van der Waals surface area contributed by atoms with E-state index in [1.54, 1.807) is 12.1 Å². The molecule has 0 aliphatic heterocycles. The van der Waals surface area contributed by atoms with E-state index in [4.69, 9.17) is 5.73 Å². The number of nitrogens with two attached hydrogens (primary N) is 1. The number of hydrogen-bond donors (Lipinski definition) is 2. The molecule has 1 saturated carbocycles. The zero-order chi connectivity index (χ0) is 14.0. The minimum atomic E-state index is -0.451. The van der Waals surface area contributed by atoms with Crippen molar-refractivity contribution in [2.24, 2.45) is 17.1 Å².